The van der Waals surface area contributed by atoms with E-state index in [0.717, 1.165) is 19.5 Å². The summed E-state index contributed by atoms with van der Waals surface area (Å²) in [5.74, 6) is 0.914. The van der Waals surface area contributed by atoms with Crippen LogP contribution in [0.5, 0.6) is 5.75 Å². The molecule has 0 amide bonds. The first-order chi connectivity index (χ1) is 10.0. The molecular weight excluding hydrogens is 292 g/mol. The maximum atomic E-state index is 12.2. The summed E-state index contributed by atoms with van der Waals surface area (Å²) in [7, 11) is -1.43. The Morgan fingerprint density at radius 1 is 1.38 bits per heavy atom. The lowest BCUT2D eigenvalue weighted by molar-refractivity contribution is 0.201. The maximum Gasteiger partial charge on any atom is 0.240 e. The molecule has 6 nitrogen and oxygen atoms in total. The number of ether oxygens (including phenoxy) is 1. The van der Waals surface area contributed by atoms with E-state index in [-0.39, 0.29) is 18.1 Å². The highest BCUT2D eigenvalue weighted by Crippen LogP contribution is 2.17. The van der Waals surface area contributed by atoms with Gasteiger partial charge in [-0.2, -0.15) is 0 Å². The van der Waals surface area contributed by atoms with E-state index in [0.29, 0.717) is 18.2 Å². The Kier molecular flexibility index (Phi) is 5.58. The minimum atomic E-state index is -3.48. The molecule has 1 fully saturated rings. The SMILES string of the molecule is CN1CCC(CNS(=O)(=O)c2ccc(OCCO)cc2)C1. The Morgan fingerprint density at radius 3 is 2.67 bits per heavy atom. The molecule has 0 aromatic heterocycles. The second-order valence-corrected chi connectivity index (χ2v) is 7.08. The number of sulfonamides is 1. The summed E-state index contributed by atoms with van der Waals surface area (Å²) < 4.78 is 32.3. The molecule has 0 radical (unpaired) electrons. The van der Waals surface area contributed by atoms with E-state index in [1.165, 1.54) is 12.1 Å². The molecule has 1 atom stereocenters. The standard InChI is InChI=1S/C14H22N2O4S/c1-16-7-6-12(11-16)10-15-21(18,19)14-4-2-13(3-5-14)20-9-8-17/h2-5,12,15,17H,6-11H2,1H3. The lowest BCUT2D eigenvalue weighted by Crippen LogP contribution is -2.30. The van der Waals surface area contributed by atoms with Crippen molar-refractivity contribution in [2.24, 2.45) is 5.92 Å². The van der Waals surface area contributed by atoms with Crippen LogP contribution in [0.4, 0.5) is 0 Å². The second-order valence-electron chi connectivity index (χ2n) is 5.31. The zero-order chi connectivity index (χ0) is 15.3. The van der Waals surface area contributed by atoms with Crippen molar-refractivity contribution in [3.05, 3.63) is 24.3 Å². The summed E-state index contributed by atoms with van der Waals surface area (Å²) in [4.78, 5) is 2.43. The van der Waals surface area contributed by atoms with Gasteiger partial charge >= 0.3 is 0 Å². The van der Waals surface area contributed by atoms with Crippen LogP contribution in [-0.4, -0.2) is 58.3 Å². The van der Waals surface area contributed by atoms with Gasteiger partial charge < -0.3 is 14.7 Å². The summed E-state index contributed by atoms with van der Waals surface area (Å²) in [6.07, 6.45) is 1.02. The molecule has 1 aromatic rings. The molecule has 1 saturated heterocycles. The van der Waals surface area contributed by atoms with Gasteiger partial charge in [0.25, 0.3) is 0 Å². The number of likely N-dealkylation sites (tertiary alicyclic amines) is 1. The van der Waals surface area contributed by atoms with E-state index in [1.807, 2.05) is 7.05 Å². The highest BCUT2D eigenvalue weighted by molar-refractivity contribution is 7.89. The molecule has 0 aliphatic carbocycles. The van der Waals surface area contributed by atoms with Crippen LogP contribution in [0.15, 0.2) is 29.2 Å². The second kappa shape index (κ2) is 7.22. The van der Waals surface area contributed by atoms with Crippen LogP contribution in [0.3, 0.4) is 0 Å². The van der Waals surface area contributed by atoms with Gasteiger partial charge in [-0.1, -0.05) is 0 Å². The van der Waals surface area contributed by atoms with Crippen LogP contribution in [-0.2, 0) is 10.0 Å². The fourth-order valence-corrected chi connectivity index (χ4v) is 3.50. The first-order valence-corrected chi connectivity index (χ1v) is 8.51. The molecule has 1 unspecified atom stereocenters. The number of benzene rings is 1. The molecule has 7 heteroatoms. The third-order valence-electron chi connectivity index (χ3n) is 3.55. The summed E-state index contributed by atoms with van der Waals surface area (Å²) in [5.41, 5.74) is 0. The summed E-state index contributed by atoms with van der Waals surface area (Å²) in [6.45, 7) is 2.53. The number of nitrogens with zero attached hydrogens (tertiary/aromatic N) is 1. The van der Waals surface area contributed by atoms with Crippen molar-refractivity contribution >= 4 is 10.0 Å². The Bertz CT molecular complexity index is 545. The predicted octanol–water partition coefficient (Wildman–Crippen LogP) is 0.288. The smallest absolute Gasteiger partial charge is 0.240 e. The monoisotopic (exact) mass is 314 g/mol. The van der Waals surface area contributed by atoms with Crippen molar-refractivity contribution < 1.29 is 18.3 Å². The van der Waals surface area contributed by atoms with Gasteiger partial charge in [0.2, 0.25) is 10.0 Å². The van der Waals surface area contributed by atoms with Crippen LogP contribution in [0.1, 0.15) is 6.42 Å². The number of nitrogens with one attached hydrogen (secondary N) is 1. The number of aliphatic hydroxyl groups is 1. The van der Waals surface area contributed by atoms with Crippen LogP contribution < -0.4 is 9.46 Å². The van der Waals surface area contributed by atoms with E-state index < -0.39 is 10.0 Å². The molecule has 1 heterocycles. The number of hydrogen-bond donors (Lipinski definition) is 2. The Balaban J connectivity index is 1.92. The lowest BCUT2D eigenvalue weighted by Gasteiger charge is -2.12. The zero-order valence-electron chi connectivity index (χ0n) is 12.2. The lowest BCUT2D eigenvalue weighted by atomic mass is 10.1. The van der Waals surface area contributed by atoms with Gasteiger partial charge in [0.15, 0.2) is 0 Å². The van der Waals surface area contributed by atoms with Gasteiger partial charge in [-0.3, -0.25) is 0 Å². The van der Waals surface area contributed by atoms with E-state index in [2.05, 4.69) is 9.62 Å². The fourth-order valence-electron chi connectivity index (χ4n) is 2.38. The topological polar surface area (TPSA) is 78.9 Å². The van der Waals surface area contributed by atoms with Gasteiger partial charge in [0.1, 0.15) is 12.4 Å². The van der Waals surface area contributed by atoms with Gasteiger partial charge in [0.05, 0.1) is 11.5 Å². The molecule has 0 spiro atoms. The Morgan fingerprint density at radius 2 is 2.10 bits per heavy atom. The third-order valence-corrected chi connectivity index (χ3v) is 4.98. The van der Waals surface area contributed by atoms with Gasteiger partial charge in [-0.05, 0) is 50.2 Å². The fraction of sp³-hybridized carbons (Fsp3) is 0.571. The van der Waals surface area contributed by atoms with E-state index in [9.17, 15) is 8.42 Å². The van der Waals surface area contributed by atoms with Crippen LogP contribution >= 0.6 is 0 Å². The molecule has 21 heavy (non-hydrogen) atoms. The molecule has 0 saturated carbocycles. The molecule has 2 N–H and O–H groups in total. The van der Waals surface area contributed by atoms with Crippen molar-refractivity contribution in [1.82, 2.24) is 9.62 Å². The normalized spacial score (nSPS) is 19.8. The molecule has 1 aliphatic heterocycles. The van der Waals surface area contributed by atoms with Crippen LogP contribution in [0.2, 0.25) is 0 Å². The molecule has 1 aromatic carbocycles. The van der Waals surface area contributed by atoms with E-state index >= 15 is 0 Å². The molecule has 118 valence electrons. The van der Waals surface area contributed by atoms with Crippen LogP contribution in [0.25, 0.3) is 0 Å². The minimum absolute atomic E-state index is 0.0720. The van der Waals surface area contributed by atoms with Crippen molar-refractivity contribution in [1.29, 1.82) is 0 Å². The van der Waals surface area contributed by atoms with Gasteiger partial charge in [-0.15, -0.1) is 0 Å². The number of rotatable bonds is 7. The first-order valence-electron chi connectivity index (χ1n) is 7.03. The van der Waals surface area contributed by atoms with E-state index in [1.54, 1.807) is 12.1 Å². The summed E-state index contributed by atoms with van der Waals surface area (Å²) in [6, 6.07) is 6.20. The minimum Gasteiger partial charge on any atom is -0.491 e. The third kappa shape index (κ3) is 4.67. The van der Waals surface area contributed by atoms with Crippen molar-refractivity contribution in [2.45, 2.75) is 11.3 Å². The highest BCUT2D eigenvalue weighted by atomic mass is 32.2. The summed E-state index contributed by atoms with van der Waals surface area (Å²) in [5, 5.41) is 8.67. The van der Waals surface area contributed by atoms with Gasteiger partial charge in [-0.25, -0.2) is 13.1 Å². The highest BCUT2D eigenvalue weighted by Gasteiger charge is 2.22. The first kappa shape index (κ1) is 16.2. The van der Waals surface area contributed by atoms with Crippen molar-refractivity contribution in [2.75, 3.05) is 39.9 Å². The predicted molar refractivity (Wildman–Crippen MR) is 79.8 cm³/mol. The number of aliphatic hydroxyl groups excluding tert-OH is 1. The zero-order valence-corrected chi connectivity index (χ0v) is 13.0. The van der Waals surface area contributed by atoms with E-state index in [4.69, 9.17) is 9.84 Å². The maximum absolute atomic E-state index is 12.2. The molecule has 1 aliphatic rings. The van der Waals surface area contributed by atoms with Crippen LogP contribution in [0, 0.1) is 5.92 Å². The van der Waals surface area contributed by atoms with Crippen molar-refractivity contribution in [3.63, 3.8) is 0 Å². The molecular formula is C14H22N2O4S. The van der Waals surface area contributed by atoms with Crippen molar-refractivity contribution in [3.8, 4) is 5.75 Å². The Hall–Kier alpha value is -1.15. The molecule has 2 rings (SSSR count). The largest absolute Gasteiger partial charge is 0.491 e. The average molecular weight is 314 g/mol. The van der Waals surface area contributed by atoms with Gasteiger partial charge in [0, 0.05) is 13.1 Å². The average Bonchev–Trinajstić information content (AvgIpc) is 2.89. The Labute approximate surface area is 125 Å². The number of hydrogen-bond acceptors (Lipinski definition) is 5. The summed E-state index contributed by atoms with van der Waals surface area (Å²) >= 11 is 0. The quantitative estimate of drug-likeness (QED) is 0.756. The molecule has 0 bridgehead atoms.